The van der Waals surface area contributed by atoms with Crippen molar-refractivity contribution in [1.82, 2.24) is 4.90 Å². The highest BCUT2D eigenvalue weighted by molar-refractivity contribution is 6.21. The van der Waals surface area contributed by atoms with Crippen LogP contribution in [0.25, 0.3) is 0 Å². The van der Waals surface area contributed by atoms with Gasteiger partial charge in [-0.1, -0.05) is 0 Å². The van der Waals surface area contributed by atoms with Gasteiger partial charge in [0, 0.05) is 12.7 Å². The standard InChI is InChI=1S/C10H8N2O3/c1-12-9(14)7-3-2-6(11-5-13)4-8(7)10(12)15/h2-5H,1H3,(H,11,13). The maximum absolute atomic E-state index is 11.6. The lowest BCUT2D eigenvalue weighted by atomic mass is 10.1. The molecule has 1 heterocycles. The minimum absolute atomic E-state index is 0.312. The molecular weight excluding hydrogens is 196 g/mol. The van der Waals surface area contributed by atoms with Crippen molar-refractivity contribution in [2.45, 2.75) is 0 Å². The molecule has 3 amide bonds. The maximum atomic E-state index is 11.6. The van der Waals surface area contributed by atoms with Crippen molar-refractivity contribution in [2.75, 3.05) is 12.4 Å². The topological polar surface area (TPSA) is 66.5 Å². The summed E-state index contributed by atoms with van der Waals surface area (Å²) in [5.41, 5.74) is 1.20. The van der Waals surface area contributed by atoms with E-state index in [2.05, 4.69) is 5.32 Å². The smallest absolute Gasteiger partial charge is 0.261 e. The summed E-state index contributed by atoms with van der Waals surface area (Å²) in [6.07, 6.45) is 0.521. The molecule has 2 rings (SSSR count). The molecule has 0 atom stereocenters. The Morgan fingerprint density at radius 1 is 1.20 bits per heavy atom. The lowest BCUT2D eigenvalue weighted by Crippen LogP contribution is -2.24. The lowest BCUT2D eigenvalue weighted by molar-refractivity contribution is -0.105. The normalized spacial score (nSPS) is 14.1. The average molecular weight is 204 g/mol. The maximum Gasteiger partial charge on any atom is 0.261 e. The van der Waals surface area contributed by atoms with Crippen molar-refractivity contribution in [1.29, 1.82) is 0 Å². The number of hydrogen-bond donors (Lipinski definition) is 1. The van der Waals surface area contributed by atoms with Crippen LogP contribution in [0.15, 0.2) is 18.2 Å². The van der Waals surface area contributed by atoms with Crippen LogP contribution >= 0.6 is 0 Å². The van der Waals surface area contributed by atoms with Gasteiger partial charge in [0.15, 0.2) is 0 Å². The molecule has 0 aromatic heterocycles. The van der Waals surface area contributed by atoms with Gasteiger partial charge in [0.05, 0.1) is 11.1 Å². The third-order valence-corrected chi connectivity index (χ3v) is 2.32. The monoisotopic (exact) mass is 204 g/mol. The Kier molecular flexibility index (Phi) is 2.00. The Morgan fingerprint density at radius 2 is 1.87 bits per heavy atom. The second kappa shape index (κ2) is 3.20. The van der Waals surface area contributed by atoms with Crippen LogP contribution in [0.3, 0.4) is 0 Å². The Hall–Kier alpha value is -2.17. The second-order valence-corrected chi connectivity index (χ2v) is 3.19. The average Bonchev–Trinajstić information content (AvgIpc) is 2.45. The molecule has 0 saturated carbocycles. The van der Waals surface area contributed by atoms with Crippen LogP contribution in [0.2, 0.25) is 0 Å². The van der Waals surface area contributed by atoms with E-state index in [-0.39, 0.29) is 11.8 Å². The molecule has 76 valence electrons. The Labute approximate surface area is 85.7 Å². The van der Waals surface area contributed by atoms with Crippen LogP contribution in [0.1, 0.15) is 20.7 Å². The first-order valence-electron chi connectivity index (χ1n) is 4.32. The summed E-state index contributed by atoms with van der Waals surface area (Å²) in [6, 6.07) is 4.61. The number of rotatable bonds is 2. The summed E-state index contributed by atoms with van der Waals surface area (Å²) in [5.74, 6) is -0.655. The summed E-state index contributed by atoms with van der Waals surface area (Å²) in [5, 5.41) is 2.42. The minimum Gasteiger partial charge on any atom is -0.329 e. The van der Waals surface area contributed by atoms with Gasteiger partial charge in [-0.15, -0.1) is 0 Å². The van der Waals surface area contributed by atoms with E-state index < -0.39 is 0 Å². The highest BCUT2D eigenvalue weighted by atomic mass is 16.2. The summed E-state index contributed by atoms with van der Waals surface area (Å²) in [4.78, 5) is 34.3. The molecule has 1 aromatic rings. The fourth-order valence-corrected chi connectivity index (χ4v) is 1.52. The number of carbonyl (C=O) groups is 3. The number of hydrogen-bond acceptors (Lipinski definition) is 3. The Balaban J connectivity index is 2.51. The van der Waals surface area contributed by atoms with E-state index in [1.807, 2.05) is 0 Å². The quantitative estimate of drug-likeness (QED) is 0.562. The molecule has 5 heteroatoms. The summed E-state index contributed by atoms with van der Waals surface area (Å²) in [6.45, 7) is 0. The highest BCUT2D eigenvalue weighted by Crippen LogP contribution is 2.24. The van der Waals surface area contributed by atoms with Gasteiger partial charge >= 0.3 is 0 Å². The van der Waals surface area contributed by atoms with Crippen molar-refractivity contribution >= 4 is 23.9 Å². The predicted molar refractivity (Wildman–Crippen MR) is 52.6 cm³/mol. The van der Waals surface area contributed by atoms with Gasteiger partial charge in [0.2, 0.25) is 6.41 Å². The second-order valence-electron chi connectivity index (χ2n) is 3.19. The van der Waals surface area contributed by atoms with E-state index in [1.165, 1.54) is 19.2 Å². The van der Waals surface area contributed by atoms with Crippen molar-refractivity contribution in [3.8, 4) is 0 Å². The summed E-state index contributed by atoms with van der Waals surface area (Å²) >= 11 is 0. The van der Waals surface area contributed by atoms with Crippen LogP contribution in [-0.2, 0) is 4.79 Å². The molecular formula is C10H8N2O3. The van der Waals surface area contributed by atoms with Gasteiger partial charge in [-0.05, 0) is 18.2 Å². The van der Waals surface area contributed by atoms with E-state index in [0.29, 0.717) is 23.2 Å². The Morgan fingerprint density at radius 3 is 2.53 bits per heavy atom. The van der Waals surface area contributed by atoms with Crippen molar-refractivity contribution in [3.63, 3.8) is 0 Å². The summed E-state index contributed by atoms with van der Waals surface area (Å²) < 4.78 is 0. The number of nitrogens with zero attached hydrogens (tertiary/aromatic N) is 1. The first-order chi connectivity index (χ1) is 7.15. The number of imide groups is 1. The fraction of sp³-hybridized carbons (Fsp3) is 0.100. The van der Waals surface area contributed by atoms with Gasteiger partial charge in [-0.25, -0.2) is 0 Å². The number of carbonyl (C=O) groups excluding carboxylic acids is 3. The summed E-state index contributed by atoms with van der Waals surface area (Å²) in [7, 11) is 1.43. The molecule has 5 nitrogen and oxygen atoms in total. The van der Waals surface area contributed by atoms with Crippen LogP contribution in [-0.4, -0.2) is 30.2 Å². The van der Waals surface area contributed by atoms with E-state index in [1.54, 1.807) is 6.07 Å². The zero-order valence-electron chi connectivity index (χ0n) is 7.98. The number of amides is 3. The zero-order valence-corrected chi connectivity index (χ0v) is 7.98. The number of benzene rings is 1. The van der Waals surface area contributed by atoms with Crippen molar-refractivity contribution in [2.24, 2.45) is 0 Å². The lowest BCUT2D eigenvalue weighted by Gasteiger charge is -2.02. The molecule has 1 aromatic carbocycles. The molecule has 0 bridgehead atoms. The SMILES string of the molecule is CN1C(=O)c2ccc(NC=O)cc2C1=O. The van der Waals surface area contributed by atoms with Gasteiger partial charge in [-0.3, -0.25) is 19.3 Å². The van der Waals surface area contributed by atoms with E-state index in [9.17, 15) is 14.4 Å². The van der Waals surface area contributed by atoms with Gasteiger partial charge in [-0.2, -0.15) is 0 Å². The van der Waals surface area contributed by atoms with Crippen molar-refractivity contribution in [3.05, 3.63) is 29.3 Å². The predicted octanol–water partition coefficient (Wildman–Crippen LogP) is 0.481. The molecule has 0 radical (unpaired) electrons. The number of nitrogens with one attached hydrogen (secondary N) is 1. The number of fused-ring (bicyclic) bond motifs is 1. The zero-order chi connectivity index (χ0) is 11.0. The molecule has 1 aliphatic rings. The van der Waals surface area contributed by atoms with Crippen LogP contribution in [0.4, 0.5) is 5.69 Å². The van der Waals surface area contributed by atoms with E-state index >= 15 is 0 Å². The molecule has 0 aliphatic carbocycles. The molecule has 0 saturated heterocycles. The van der Waals surface area contributed by atoms with Gasteiger partial charge < -0.3 is 5.32 Å². The number of anilines is 1. The fourth-order valence-electron chi connectivity index (χ4n) is 1.52. The molecule has 1 aliphatic heterocycles. The molecule has 15 heavy (non-hydrogen) atoms. The Bertz CT molecular complexity index is 468. The first kappa shape index (κ1) is 9.39. The molecule has 0 fully saturated rings. The first-order valence-corrected chi connectivity index (χ1v) is 4.32. The van der Waals surface area contributed by atoms with Gasteiger partial charge in [0.1, 0.15) is 0 Å². The third kappa shape index (κ3) is 1.28. The van der Waals surface area contributed by atoms with E-state index in [0.717, 1.165) is 4.90 Å². The van der Waals surface area contributed by atoms with Crippen LogP contribution < -0.4 is 5.32 Å². The third-order valence-electron chi connectivity index (χ3n) is 2.32. The van der Waals surface area contributed by atoms with Crippen LogP contribution in [0, 0.1) is 0 Å². The van der Waals surface area contributed by atoms with Gasteiger partial charge in [0.25, 0.3) is 11.8 Å². The van der Waals surface area contributed by atoms with E-state index in [4.69, 9.17) is 0 Å². The molecule has 0 spiro atoms. The van der Waals surface area contributed by atoms with Crippen molar-refractivity contribution < 1.29 is 14.4 Å². The largest absolute Gasteiger partial charge is 0.329 e. The highest BCUT2D eigenvalue weighted by Gasteiger charge is 2.32. The van der Waals surface area contributed by atoms with Crippen LogP contribution in [0.5, 0.6) is 0 Å². The molecule has 0 unspecified atom stereocenters. The molecule has 1 N–H and O–H groups in total. The minimum atomic E-state index is -0.343.